The number of hydrogen-bond acceptors (Lipinski definition) is 5. The van der Waals surface area contributed by atoms with Crippen molar-refractivity contribution in [3.05, 3.63) is 240 Å². The van der Waals surface area contributed by atoms with Crippen LogP contribution < -0.4 is 5.32 Å². The van der Waals surface area contributed by atoms with E-state index in [-0.39, 0.29) is 0 Å². The van der Waals surface area contributed by atoms with Gasteiger partial charge in [0.15, 0.2) is 5.82 Å². The minimum atomic E-state index is 0.418. The van der Waals surface area contributed by atoms with Gasteiger partial charge in [0.2, 0.25) is 0 Å². The highest BCUT2D eigenvalue weighted by Gasteiger charge is 2.24. The fraction of sp³-hybridized carbons (Fsp3) is 0. The first-order valence-electron chi connectivity index (χ1n) is 20.7. The average molecular weight is 795 g/mol. The van der Waals surface area contributed by atoms with Crippen LogP contribution in [0.25, 0.3) is 90.0 Å². The van der Waals surface area contributed by atoms with Crippen LogP contribution in [0.3, 0.4) is 0 Å². The van der Waals surface area contributed by atoms with Crippen molar-refractivity contribution in [3.8, 4) is 45.0 Å². The first-order valence-corrected chi connectivity index (χ1v) is 20.7. The average Bonchev–Trinajstić information content (AvgIpc) is 3.74. The van der Waals surface area contributed by atoms with Crippen LogP contribution in [0.2, 0.25) is 0 Å². The lowest BCUT2D eigenvalue weighted by atomic mass is 9.88. The third-order valence-corrected chi connectivity index (χ3v) is 11.6. The Morgan fingerprint density at radius 1 is 0.452 bits per heavy atom. The summed E-state index contributed by atoms with van der Waals surface area (Å²) in [7, 11) is 0. The molecule has 5 heteroatoms. The highest BCUT2D eigenvalue weighted by molar-refractivity contribution is 6.36. The van der Waals surface area contributed by atoms with E-state index in [0.29, 0.717) is 11.5 Å². The van der Waals surface area contributed by atoms with Gasteiger partial charge in [-0.2, -0.15) is 0 Å². The normalized spacial score (nSPS) is 13.0. The first-order chi connectivity index (χ1) is 30.6. The fourth-order valence-corrected chi connectivity index (χ4v) is 8.44. The molecule has 0 saturated carbocycles. The lowest BCUT2D eigenvalue weighted by Gasteiger charge is -2.26. The van der Waals surface area contributed by atoms with Crippen molar-refractivity contribution < 1.29 is 4.42 Å². The van der Waals surface area contributed by atoms with E-state index in [1.165, 1.54) is 0 Å². The quantitative estimate of drug-likeness (QED) is 0.150. The lowest BCUT2D eigenvalue weighted by Crippen LogP contribution is -2.20. The zero-order valence-electron chi connectivity index (χ0n) is 33.6. The summed E-state index contributed by atoms with van der Waals surface area (Å²) in [5.74, 6) is 0.632. The van der Waals surface area contributed by atoms with Gasteiger partial charge in [0.25, 0.3) is 0 Å². The molecule has 2 aromatic heterocycles. The van der Waals surface area contributed by atoms with Crippen molar-refractivity contribution >= 4 is 50.7 Å². The van der Waals surface area contributed by atoms with Gasteiger partial charge < -0.3 is 9.73 Å². The van der Waals surface area contributed by atoms with Crippen molar-refractivity contribution in [2.45, 2.75) is 0 Å². The fourth-order valence-electron chi connectivity index (χ4n) is 8.44. The van der Waals surface area contributed by atoms with Crippen LogP contribution in [-0.4, -0.2) is 15.7 Å². The second-order valence-electron chi connectivity index (χ2n) is 15.4. The molecule has 62 heavy (non-hydrogen) atoms. The molecule has 292 valence electrons. The molecule has 0 saturated heterocycles. The number of para-hydroxylation sites is 2. The summed E-state index contributed by atoms with van der Waals surface area (Å²) in [5, 5.41) is 15.8. The molecule has 1 aliphatic heterocycles. The van der Waals surface area contributed by atoms with Crippen molar-refractivity contribution in [1.82, 2.24) is 15.3 Å². The third kappa shape index (κ3) is 6.78. The second-order valence-corrected chi connectivity index (χ2v) is 15.4. The Labute approximate surface area is 359 Å². The van der Waals surface area contributed by atoms with Gasteiger partial charge in [0.1, 0.15) is 11.2 Å². The minimum Gasteiger partial charge on any atom is -0.455 e. The van der Waals surface area contributed by atoms with Crippen molar-refractivity contribution in [3.63, 3.8) is 0 Å². The standard InChI is InChI=1S/C57H38N4O/c58-54(53(41-19-8-3-9-20-41)55-45-22-11-10-21-44(45)35-49(59-55)38-15-4-1-5-16-38)42-31-29-40(30-32-42)51-36-50(39-17-6-2-7-18-39)60-57(61-51)43-33-27-37(28-34-43)46-24-14-25-48-47-23-12-13-26-52(47)62-56(46)48/h1-36,58-59H/b55-53-,58-54?. The maximum absolute atomic E-state index is 9.84. The van der Waals surface area contributed by atoms with Gasteiger partial charge in [0, 0.05) is 55.4 Å². The van der Waals surface area contributed by atoms with Crippen LogP contribution in [-0.2, 0) is 0 Å². The molecule has 0 fully saturated rings. The molecule has 10 aromatic rings. The van der Waals surface area contributed by atoms with E-state index in [2.05, 4.69) is 133 Å². The largest absolute Gasteiger partial charge is 0.455 e. The van der Waals surface area contributed by atoms with Crippen molar-refractivity contribution in [2.24, 2.45) is 0 Å². The maximum Gasteiger partial charge on any atom is 0.160 e. The Hall–Kier alpha value is -8.41. The Balaban J connectivity index is 0.969. The predicted octanol–water partition coefficient (Wildman–Crippen LogP) is 14.1. The summed E-state index contributed by atoms with van der Waals surface area (Å²) in [6, 6.07) is 72.3. The molecule has 0 amide bonds. The van der Waals surface area contributed by atoms with Gasteiger partial charge in [0.05, 0.1) is 22.8 Å². The van der Waals surface area contributed by atoms with Gasteiger partial charge in [-0.15, -0.1) is 0 Å². The van der Waals surface area contributed by atoms with E-state index < -0.39 is 0 Å². The minimum absolute atomic E-state index is 0.418. The number of allylic oxidation sites excluding steroid dienone is 1. The monoisotopic (exact) mass is 794 g/mol. The predicted molar refractivity (Wildman–Crippen MR) is 255 cm³/mol. The summed E-state index contributed by atoms with van der Waals surface area (Å²) in [6.45, 7) is 0. The van der Waals surface area contributed by atoms with E-state index >= 15 is 0 Å². The van der Waals surface area contributed by atoms with Gasteiger partial charge >= 0.3 is 0 Å². The van der Waals surface area contributed by atoms with Crippen molar-refractivity contribution in [1.29, 1.82) is 5.41 Å². The molecule has 0 atom stereocenters. The number of hydrogen-bond donors (Lipinski definition) is 2. The second kappa shape index (κ2) is 15.6. The molecule has 5 nitrogen and oxygen atoms in total. The van der Waals surface area contributed by atoms with E-state index in [1.807, 2.05) is 91.0 Å². The highest BCUT2D eigenvalue weighted by atomic mass is 16.3. The first kappa shape index (κ1) is 36.7. The number of nitrogens with one attached hydrogen (secondary N) is 2. The Kier molecular flexibility index (Phi) is 9.25. The summed E-state index contributed by atoms with van der Waals surface area (Å²) in [5.41, 5.74) is 16.4. The Bertz CT molecular complexity index is 3350. The van der Waals surface area contributed by atoms with Crippen LogP contribution in [0.1, 0.15) is 27.8 Å². The van der Waals surface area contributed by atoms with Crippen LogP contribution in [0.4, 0.5) is 0 Å². The van der Waals surface area contributed by atoms with Crippen LogP contribution in [0.5, 0.6) is 0 Å². The summed E-state index contributed by atoms with van der Waals surface area (Å²) < 4.78 is 6.36. The summed E-state index contributed by atoms with van der Waals surface area (Å²) >= 11 is 0. The lowest BCUT2D eigenvalue weighted by molar-refractivity contribution is 0.670. The molecule has 0 spiro atoms. The third-order valence-electron chi connectivity index (χ3n) is 11.6. The Morgan fingerprint density at radius 2 is 1.02 bits per heavy atom. The molecule has 0 unspecified atom stereocenters. The number of rotatable bonds is 8. The highest BCUT2D eigenvalue weighted by Crippen LogP contribution is 2.38. The SMILES string of the molecule is N=C(/C(=C1\NC(c2ccccc2)=Cc2ccccc21)c1ccccc1)c1ccc(-c2cc(-c3ccccc3)nc(-c3ccc(-c4cccc5c4oc4ccccc45)cc3)n2)cc1. The molecule has 0 radical (unpaired) electrons. The van der Waals surface area contributed by atoms with E-state index in [0.717, 1.165) is 106 Å². The molecular formula is C57H38N4O. The zero-order valence-corrected chi connectivity index (χ0v) is 33.6. The van der Waals surface area contributed by atoms with Crippen LogP contribution in [0.15, 0.2) is 217 Å². The number of furan rings is 1. The van der Waals surface area contributed by atoms with Gasteiger partial charge in [-0.1, -0.05) is 200 Å². The van der Waals surface area contributed by atoms with E-state index in [9.17, 15) is 5.41 Å². The van der Waals surface area contributed by atoms with Gasteiger partial charge in [-0.05, 0) is 40.5 Å². The van der Waals surface area contributed by atoms with Gasteiger partial charge in [-0.25, -0.2) is 9.97 Å². The van der Waals surface area contributed by atoms with Crippen LogP contribution >= 0.6 is 0 Å². The number of fused-ring (bicyclic) bond motifs is 4. The van der Waals surface area contributed by atoms with Crippen LogP contribution in [0, 0.1) is 5.41 Å². The zero-order chi connectivity index (χ0) is 41.4. The molecule has 11 rings (SSSR count). The Morgan fingerprint density at radius 3 is 1.76 bits per heavy atom. The molecule has 0 bridgehead atoms. The van der Waals surface area contributed by atoms with Gasteiger partial charge in [-0.3, -0.25) is 5.41 Å². The summed E-state index contributed by atoms with van der Waals surface area (Å²) in [6.07, 6.45) is 2.19. The summed E-state index contributed by atoms with van der Waals surface area (Å²) in [4.78, 5) is 10.3. The molecule has 3 heterocycles. The molecular weight excluding hydrogens is 757 g/mol. The molecule has 2 N–H and O–H groups in total. The van der Waals surface area contributed by atoms with E-state index in [1.54, 1.807) is 0 Å². The molecule has 8 aromatic carbocycles. The topological polar surface area (TPSA) is 74.8 Å². The molecule has 1 aliphatic rings. The molecule has 0 aliphatic carbocycles. The smallest absolute Gasteiger partial charge is 0.160 e. The van der Waals surface area contributed by atoms with E-state index in [4.69, 9.17) is 14.4 Å². The number of benzene rings is 8. The number of nitrogens with zero attached hydrogens (tertiary/aromatic N) is 2. The maximum atomic E-state index is 9.84. The van der Waals surface area contributed by atoms with Crippen molar-refractivity contribution in [2.75, 3.05) is 0 Å². The number of aromatic nitrogens is 2.